The van der Waals surface area contributed by atoms with Crippen LogP contribution in [0.4, 0.5) is 0 Å². The van der Waals surface area contributed by atoms with E-state index in [1.807, 2.05) is 0 Å². The van der Waals surface area contributed by atoms with E-state index in [-0.39, 0.29) is 0 Å². The topological polar surface area (TPSA) is 15.3 Å². The summed E-state index contributed by atoms with van der Waals surface area (Å²) in [6.07, 6.45) is 11.8. The molecule has 1 saturated heterocycles. The predicted molar refractivity (Wildman–Crippen MR) is 76.7 cm³/mol. The van der Waals surface area contributed by atoms with Crippen molar-refractivity contribution in [1.29, 1.82) is 0 Å². The zero-order valence-electron chi connectivity index (χ0n) is 12.0. The van der Waals surface area contributed by atoms with Gasteiger partial charge in [-0.2, -0.15) is 0 Å². The molecule has 3 unspecified atom stereocenters. The van der Waals surface area contributed by atoms with E-state index in [1.54, 1.807) is 0 Å². The summed E-state index contributed by atoms with van der Waals surface area (Å²) >= 11 is 0. The monoisotopic (exact) mass is 250 g/mol. The number of nitrogens with zero attached hydrogens (tertiary/aromatic N) is 1. The van der Waals surface area contributed by atoms with Crippen molar-refractivity contribution in [2.75, 3.05) is 19.6 Å². The molecule has 2 heteroatoms. The minimum absolute atomic E-state index is 0.744. The molecule has 104 valence electrons. The Balaban J connectivity index is 1.38. The summed E-state index contributed by atoms with van der Waals surface area (Å²) in [4.78, 5) is 2.66. The zero-order chi connectivity index (χ0) is 12.4. The fourth-order valence-electron chi connectivity index (χ4n) is 4.06. The first-order valence-electron chi connectivity index (χ1n) is 8.30. The molecule has 0 amide bonds. The van der Waals surface area contributed by atoms with Crippen molar-refractivity contribution in [3.63, 3.8) is 0 Å². The molecule has 0 radical (unpaired) electrons. The van der Waals surface area contributed by atoms with Gasteiger partial charge in [-0.1, -0.05) is 12.8 Å². The van der Waals surface area contributed by atoms with Gasteiger partial charge in [-0.15, -0.1) is 0 Å². The van der Waals surface area contributed by atoms with Crippen LogP contribution in [0.3, 0.4) is 0 Å². The summed E-state index contributed by atoms with van der Waals surface area (Å²) in [7, 11) is 0. The third-order valence-corrected chi connectivity index (χ3v) is 5.47. The second kappa shape index (κ2) is 5.92. The van der Waals surface area contributed by atoms with Gasteiger partial charge in [0.15, 0.2) is 0 Å². The van der Waals surface area contributed by atoms with Crippen molar-refractivity contribution in [3.8, 4) is 0 Å². The molecule has 2 nitrogen and oxygen atoms in total. The lowest BCUT2D eigenvalue weighted by molar-refractivity contribution is 0.217. The molecule has 1 aliphatic heterocycles. The molecule has 18 heavy (non-hydrogen) atoms. The Bertz CT molecular complexity index is 256. The van der Waals surface area contributed by atoms with Gasteiger partial charge in [-0.25, -0.2) is 0 Å². The van der Waals surface area contributed by atoms with Gasteiger partial charge in [0.1, 0.15) is 0 Å². The van der Waals surface area contributed by atoms with Crippen molar-refractivity contribution in [1.82, 2.24) is 10.2 Å². The Kier molecular flexibility index (Phi) is 4.25. The highest BCUT2D eigenvalue weighted by atomic mass is 15.2. The highest BCUT2D eigenvalue weighted by Crippen LogP contribution is 2.43. The van der Waals surface area contributed by atoms with Gasteiger partial charge in [-0.05, 0) is 70.4 Å². The van der Waals surface area contributed by atoms with Gasteiger partial charge in [0.05, 0.1) is 0 Å². The maximum atomic E-state index is 3.87. The number of hydrogen-bond acceptors (Lipinski definition) is 2. The third kappa shape index (κ3) is 3.27. The Labute approximate surface area is 113 Å². The molecule has 2 aliphatic carbocycles. The average Bonchev–Trinajstić information content (AvgIpc) is 3.11. The number of hydrogen-bond donors (Lipinski definition) is 1. The lowest BCUT2D eigenvalue weighted by Crippen LogP contribution is -2.43. The first kappa shape index (κ1) is 12.9. The molecule has 2 saturated carbocycles. The van der Waals surface area contributed by atoms with Gasteiger partial charge < -0.3 is 5.32 Å². The Hall–Kier alpha value is -0.0800. The van der Waals surface area contributed by atoms with E-state index in [2.05, 4.69) is 17.1 Å². The molecular formula is C16H30N2. The highest BCUT2D eigenvalue weighted by molar-refractivity contribution is 4.88. The van der Waals surface area contributed by atoms with Crippen LogP contribution in [0.1, 0.15) is 58.3 Å². The van der Waals surface area contributed by atoms with Crippen LogP contribution in [-0.2, 0) is 0 Å². The second-order valence-corrected chi connectivity index (χ2v) is 6.96. The van der Waals surface area contributed by atoms with Crippen LogP contribution in [0.2, 0.25) is 0 Å². The molecule has 0 bridgehead atoms. The van der Waals surface area contributed by atoms with Crippen LogP contribution in [0.5, 0.6) is 0 Å². The van der Waals surface area contributed by atoms with Gasteiger partial charge in [0, 0.05) is 18.6 Å². The fraction of sp³-hybridized carbons (Fsp3) is 1.00. The number of nitrogens with one attached hydrogen (secondary N) is 1. The van der Waals surface area contributed by atoms with Crippen LogP contribution < -0.4 is 5.32 Å². The standard InChI is InChI=1S/C16H30N2/c1-13(18-9-2-3-10-18)12-17-16-6-4-5-15(11-16)14-7-8-14/h13-17H,2-12H2,1H3. The summed E-state index contributed by atoms with van der Waals surface area (Å²) in [6.45, 7) is 6.28. The summed E-state index contributed by atoms with van der Waals surface area (Å²) in [6, 6.07) is 1.57. The SMILES string of the molecule is CC(CNC1CCCC(C2CC2)C1)N1CCCC1. The van der Waals surface area contributed by atoms with E-state index >= 15 is 0 Å². The van der Waals surface area contributed by atoms with Crippen molar-refractivity contribution < 1.29 is 0 Å². The normalized spacial score (nSPS) is 35.8. The second-order valence-electron chi connectivity index (χ2n) is 6.96. The van der Waals surface area contributed by atoms with E-state index in [4.69, 9.17) is 0 Å². The van der Waals surface area contributed by atoms with E-state index in [0.717, 1.165) is 23.9 Å². The quantitative estimate of drug-likeness (QED) is 0.807. The van der Waals surface area contributed by atoms with Crippen molar-refractivity contribution in [3.05, 3.63) is 0 Å². The van der Waals surface area contributed by atoms with E-state index in [1.165, 1.54) is 71.0 Å². The summed E-state index contributed by atoms with van der Waals surface area (Å²) in [5.74, 6) is 2.18. The van der Waals surface area contributed by atoms with E-state index in [9.17, 15) is 0 Å². The molecule has 1 N–H and O–H groups in total. The zero-order valence-corrected chi connectivity index (χ0v) is 12.0. The molecule has 0 aromatic heterocycles. The molecule has 3 fully saturated rings. The minimum atomic E-state index is 0.744. The van der Waals surface area contributed by atoms with Crippen LogP contribution >= 0.6 is 0 Å². The average molecular weight is 250 g/mol. The third-order valence-electron chi connectivity index (χ3n) is 5.47. The van der Waals surface area contributed by atoms with Crippen molar-refractivity contribution in [2.45, 2.75) is 70.4 Å². The summed E-state index contributed by atoms with van der Waals surface area (Å²) < 4.78 is 0. The van der Waals surface area contributed by atoms with Crippen LogP contribution in [0.25, 0.3) is 0 Å². The first-order valence-corrected chi connectivity index (χ1v) is 8.30. The van der Waals surface area contributed by atoms with Crippen molar-refractivity contribution in [2.24, 2.45) is 11.8 Å². The maximum Gasteiger partial charge on any atom is 0.0192 e. The van der Waals surface area contributed by atoms with E-state index < -0.39 is 0 Å². The van der Waals surface area contributed by atoms with Gasteiger partial charge in [0.25, 0.3) is 0 Å². The summed E-state index contributed by atoms with van der Waals surface area (Å²) in [5.41, 5.74) is 0. The smallest absolute Gasteiger partial charge is 0.0192 e. The summed E-state index contributed by atoms with van der Waals surface area (Å²) in [5, 5.41) is 3.87. The molecular weight excluding hydrogens is 220 g/mol. The van der Waals surface area contributed by atoms with Gasteiger partial charge in [0.2, 0.25) is 0 Å². The lowest BCUT2D eigenvalue weighted by Gasteiger charge is -2.32. The van der Waals surface area contributed by atoms with E-state index in [0.29, 0.717) is 0 Å². The maximum absolute atomic E-state index is 3.87. The molecule has 0 aromatic carbocycles. The fourth-order valence-corrected chi connectivity index (χ4v) is 4.06. The lowest BCUT2D eigenvalue weighted by atomic mass is 9.82. The molecule has 1 heterocycles. The number of rotatable bonds is 5. The van der Waals surface area contributed by atoms with Gasteiger partial charge >= 0.3 is 0 Å². The minimum Gasteiger partial charge on any atom is -0.312 e. The van der Waals surface area contributed by atoms with Crippen LogP contribution in [0, 0.1) is 11.8 Å². The molecule has 3 rings (SSSR count). The predicted octanol–water partition coefficient (Wildman–Crippen LogP) is 3.03. The number of likely N-dealkylation sites (tertiary alicyclic amines) is 1. The van der Waals surface area contributed by atoms with Crippen molar-refractivity contribution >= 4 is 0 Å². The highest BCUT2D eigenvalue weighted by Gasteiger charge is 2.34. The molecule has 3 atom stereocenters. The largest absolute Gasteiger partial charge is 0.312 e. The Morgan fingerprint density at radius 3 is 2.50 bits per heavy atom. The molecule has 3 aliphatic rings. The van der Waals surface area contributed by atoms with Crippen LogP contribution in [0.15, 0.2) is 0 Å². The molecule has 0 aromatic rings. The van der Waals surface area contributed by atoms with Gasteiger partial charge in [-0.3, -0.25) is 4.90 Å². The first-order chi connectivity index (χ1) is 8.83. The van der Waals surface area contributed by atoms with Crippen LogP contribution in [-0.4, -0.2) is 36.6 Å². The molecule has 0 spiro atoms. The Morgan fingerprint density at radius 1 is 1.00 bits per heavy atom. The Morgan fingerprint density at radius 2 is 1.78 bits per heavy atom.